The first-order chi connectivity index (χ1) is 15.0. The molecule has 1 heterocycles. The standard InChI is InChI=1S/C23H31FN4O2S/c1-3-27(4-2)14-7-15-28-20-9-6-5-8-19(20)22(26-23(28)30)31-16-21(29)25-18-12-10-17(24)11-13-18/h10-13H,3-9,14-16H2,1-2H3,(H,25,29). The van der Waals surface area contributed by atoms with Crippen LogP contribution in [0.2, 0.25) is 0 Å². The fourth-order valence-corrected chi connectivity index (χ4v) is 4.83. The van der Waals surface area contributed by atoms with Crippen molar-refractivity contribution < 1.29 is 9.18 Å². The van der Waals surface area contributed by atoms with Gasteiger partial charge >= 0.3 is 5.69 Å². The molecular weight excluding hydrogens is 415 g/mol. The molecule has 3 rings (SSSR count). The van der Waals surface area contributed by atoms with Gasteiger partial charge in [-0.25, -0.2) is 9.18 Å². The maximum atomic E-state index is 13.0. The quantitative estimate of drug-likeness (QED) is 0.445. The molecule has 1 aliphatic rings. The Morgan fingerprint density at radius 2 is 1.90 bits per heavy atom. The monoisotopic (exact) mass is 446 g/mol. The van der Waals surface area contributed by atoms with Crippen molar-refractivity contribution in [1.82, 2.24) is 14.5 Å². The van der Waals surface area contributed by atoms with Crippen LogP contribution in [0, 0.1) is 5.82 Å². The molecule has 0 saturated heterocycles. The summed E-state index contributed by atoms with van der Waals surface area (Å²) in [5.74, 6) is -0.394. The molecule has 1 aromatic carbocycles. The minimum absolute atomic E-state index is 0.155. The number of nitrogens with one attached hydrogen (secondary N) is 1. The number of rotatable bonds is 10. The molecule has 8 heteroatoms. The number of anilines is 1. The lowest BCUT2D eigenvalue weighted by Crippen LogP contribution is -2.32. The second kappa shape index (κ2) is 11.4. The van der Waals surface area contributed by atoms with Gasteiger partial charge in [-0.2, -0.15) is 4.98 Å². The molecule has 6 nitrogen and oxygen atoms in total. The van der Waals surface area contributed by atoms with Crippen molar-refractivity contribution in [2.45, 2.75) is 57.5 Å². The zero-order valence-electron chi connectivity index (χ0n) is 18.3. The summed E-state index contributed by atoms with van der Waals surface area (Å²) in [7, 11) is 0. The molecule has 0 unspecified atom stereocenters. The molecule has 31 heavy (non-hydrogen) atoms. The van der Waals surface area contributed by atoms with E-state index in [0.29, 0.717) is 17.3 Å². The molecule has 0 atom stereocenters. The van der Waals surface area contributed by atoms with Gasteiger partial charge in [-0.05, 0) is 76.0 Å². The van der Waals surface area contributed by atoms with Crippen molar-refractivity contribution in [3.63, 3.8) is 0 Å². The van der Waals surface area contributed by atoms with Gasteiger partial charge in [0.15, 0.2) is 0 Å². The normalized spacial score (nSPS) is 13.3. The number of hydrogen-bond donors (Lipinski definition) is 1. The third-order valence-corrected chi connectivity index (χ3v) is 6.69. The molecular formula is C23H31FN4O2S. The Labute approximate surface area is 187 Å². The number of carbonyl (C=O) groups is 1. The van der Waals surface area contributed by atoms with E-state index in [2.05, 4.69) is 29.0 Å². The van der Waals surface area contributed by atoms with Gasteiger partial charge in [-0.15, -0.1) is 0 Å². The smallest absolute Gasteiger partial charge is 0.325 e. The molecule has 1 aliphatic carbocycles. The van der Waals surface area contributed by atoms with Crippen molar-refractivity contribution >= 4 is 23.4 Å². The summed E-state index contributed by atoms with van der Waals surface area (Å²) in [5.41, 5.74) is 2.53. The Balaban J connectivity index is 1.68. The number of nitrogens with zero attached hydrogens (tertiary/aromatic N) is 3. The molecule has 0 fully saturated rings. The number of hydrogen-bond acceptors (Lipinski definition) is 5. The van der Waals surface area contributed by atoms with Crippen LogP contribution in [0.4, 0.5) is 10.1 Å². The van der Waals surface area contributed by atoms with E-state index in [1.165, 1.54) is 36.0 Å². The first-order valence-corrected chi connectivity index (χ1v) is 12.0. The molecule has 0 aliphatic heterocycles. The highest BCUT2D eigenvalue weighted by Crippen LogP contribution is 2.28. The lowest BCUT2D eigenvalue weighted by Gasteiger charge is -2.23. The maximum Gasteiger partial charge on any atom is 0.348 e. The van der Waals surface area contributed by atoms with Crippen molar-refractivity contribution in [2.75, 3.05) is 30.7 Å². The van der Waals surface area contributed by atoms with Gasteiger partial charge < -0.3 is 10.2 Å². The van der Waals surface area contributed by atoms with Gasteiger partial charge in [0, 0.05) is 23.5 Å². The molecule has 1 amide bonds. The van der Waals surface area contributed by atoms with Crippen LogP contribution in [0.1, 0.15) is 44.4 Å². The summed E-state index contributed by atoms with van der Waals surface area (Å²) in [6, 6.07) is 5.66. The fraction of sp³-hybridized carbons (Fsp3) is 0.522. The minimum atomic E-state index is -0.346. The van der Waals surface area contributed by atoms with Crippen LogP contribution in [0.25, 0.3) is 0 Å². The van der Waals surface area contributed by atoms with E-state index >= 15 is 0 Å². The summed E-state index contributed by atoms with van der Waals surface area (Å²) in [4.78, 5) is 31.8. The van der Waals surface area contributed by atoms with Gasteiger partial charge in [0.2, 0.25) is 5.91 Å². The number of fused-ring (bicyclic) bond motifs is 1. The van der Waals surface area contributed by atoms with E-state index in [0.717, 1.165) is 63.0 Å². The molecule has 1 aromatic heterocycles. The van der Waals surface area contributed by atoms with Crippen LogP contribution in [0.15, 0.2) is 34.1 Å². The van der Waals surface area contributed by atoms with Gasteiger partial charge in [0.25, 0.3) is 0 Å². The summed E-state index contributed by atoms with van der Waals surface area (Å²) in [6.07, 6.45) is 4.83. The van der Waals surface area contributed by atoms with Crippen LogP contribution >= 0.6 is 11.8 Å². The van der Waals surface area contributed by atoms with Gasteiger partial charge in [-0.3, -0.25) is 9.36 Å². The van der Waals surface area contributed by atoms with E-state index in [1.54, 1.807) is 0 Å². The van der Waals surface area contributed by atoms with Gasteiger partial charge in [0.05, 0.1) is 5.75 Å². The Kier molecular flexibility index (Phi) is 8.66. The summed E-state index contributed by atoms with van der Waals surface area (Å²) in [6.45, 7) is 7.97. The van der Waals surface area contributed by atoms with Crippen LogP contribution in [-0.4, -0.2) is 45.7 Å². The zero-order valence-corrected chi connectivity index (χ0v) is 19.1. The Morgan fingerprint density at radius 1 is 1.19 bits per heavy atom. The van der Waals surface area contributed by atoms with Crippen molar-refractivity contribution in [3.05, 3.63) is 51.8 Å². The second-order valence-corrected chi connectivity index (χ2v) is 8.67. The van der Waals surface area contributed by atoms with E-state index in [1.807, 2.05) is 4.57 Å². The van der Waals surface area contributed by atoms with E-state index in [9.17, 15) is 14.0 Å². The fourth-order valence-electron chi connectivity index (χ4n) is 3.95. The summed E-state index contributed by atoms with van der Waals surface area (Å²) in [5, 5.41) is 3.43. The molecule has 0 spiro atoms. The number of amides is 1. The third-order valence-electron chi connectivity index (χ3n) is 5.67. The maximum absolute atomic E-state index is 13.0. The number of halogens is 1. The van der Waals surface area contributed by atoms with E-state index in [-0.39, 0.29) is 23.2 Å². The SMILES string of the molecule is CCN(CC)CCCn1c2c(c(SCC(=O)Nc3ccc(F)cc3)nc1=O)CCCC2. The third kappa shape index (κ3) is 6.40. The topological polar surface area (TPSA) is 67.2 Å². The van der Waals surface area contributed by atoms with Crippen molar-refractivity contribution in [2.24, 2.45) is 0 Å². The molecule has 0 saturated carbocycles. The van der Waals surface area contributed by atoms with Crippen molar-refractivity contribution in [1.29, 1.82) is 0 Å². The van der Waals surface area contributed by atoms with Crippen molar-refractivity contribution in [3.8, 4) is 0 Å². The van der Waals surface area contributed by atoms with E-state index in [4.69, 9.17) is 0 Å². The van der Waals surface area contributed by atoms with E-state index < -0.39 is 0 Å². The van der Waals surface area contributed by atoms with Crippen LogP contribution in [-0.2, 0) is 24.2 Å². The lowest BCUT2D eigenvalue weighted by molar-refractivity contribution is -0.113. The second-order valence-electron chi connectivity index (χ2n) is 7.71. The Hall–Kier alpha value is -2.19. The van der Waals surface area contributed by atoms with Gasteiger partial charge in [0.1, 0.15) is 10.8 Å². The molecule has 0 radical (unpaired) electrons. The largest absolute Gasteiger partial charge is 0.348 e. The summed E-state index contributed by atoms with van der Waals surface area (Å²) >= 11 is 1.31. The molecule has 1 N–H and O–H groups in total. The zero-order chi connectivity index (χ0) is 22.2. The minimum Gasteiger partial charge on any atom is -0.325 e. The number of aromatic nitrogens is 2. The molecule has 2 aromatic rings. The number of thioether (sulfide) groups is 1. The predicted molar refractivity (Wildman–Crippen MR) is 123 cm³/mol. The summed E-state index contributed by atoms with van der Waals surface area (Å²) < 4.78 is 14.9. The lowest BCUT2D eigenvalue weighted by atomic mass is 9.97. The Morgan fingerprint density at radius 3 is 2.61 bits per heavy atom. The molecule has 168 valence electrons. The number of benzene rings is 1. The van der Waals surface area contributed by atoms with Crippen LogP contribution in [0.5, 0.6) is 0 Å². The predicted octanol–water partition coefficient (Wildman–Crippen LogP) is 3.72. The number of carbonyl (C=O) groups excluding carboxylic acids is 1. The highest BCUT2D eigenvalue weighted by Gasteiger charge is 2.21. The molecule has 0 bridgehead atoms. The average molecular weight is 447 g/mol. The highest BCUT2D eigenvalue weighted by molar-refractivity contribution is 8.00. The highest BCUT2D eigenvalue weighted by atomic mass is 32.2. The van der Waals surface area contributed by atoms with Crippen LogP contribution in [0.3, 0.4) is 0 Å². The van der Waals surface area contributed by atoms with Gasteiger partial charge in [-0.1, -0.05) is 25.6 Å². The van der Waals surface area contributed by atoms with Crippen LogP contribution < -0.4 is 11.0 Å². The first-order valence-electron chi connectivity index (χ1n) is 11.0. The first kappa shape index (κ1) is 23.5. The average Bonchev–Trinajstić information content (AvgIpc) is 2.78. The Bertz CT molecular complexity index is 942.